The van der Waals surface area contributed by atoms with E-state index in [0.29, 0.717) is 18.9 Å². The standard InChI is InChI=1S/C23H31N3O3S2/c1-15-7-8-17-18(13-15)31-21-20(17)22(28)26(14-16-5-3-11-29-16)23(24-21)30-12-4-10-25-9-2-6-19(25)27/h15-16H,2-14H2,1H3. The summed E-state index contributed by atoms with van der Waals surface area (Å²) >= 11 is 3.38. The van der Waals surface area contributed by atoms with Gasteiger partial charge >= 0.3 is 0 Å². The van der Waals surface area contributed by atoms with E-state index in [1.54, 1.807) is 23.1 Å². The zero-order valence-electron chi connectivity index (χ0n) is 18.2. The van der Waals surface area contributed by atoms with Crippen LogP contribution < -0.4 is 5.56 Å². The van der Waals surface area contributed by atoms with Gasteiger partial charge in [-0.2, -0.15) is 0 Å². The molecule has 2 unspecified atom stereocenters. The van der Waals surface area contributed by atoms with Gasteiger partial charge in [-0.25, -0.2) is 4.98 Å². The average molecular weight is 462 g/mol. The summed E-state index contributed by atoms with van der Waals surface area (Å²) in [5, 5.41) is 1.67. The molecule has 2 saturated heterocycles. The first kappa shape index (κ1) is 21.5. The maximum atomic E-state index is 13.6. The van der Waals surface area contributed by atoms with E-state index in [1.807, 2.05) is 9.47 Å². The van der Waals surface area contributed by atoms with Crippen molar-refractivity contribution in [2.75, 3.05) is 25.4 Å². The number of thioether (sulfide) groups is 1. The Morgan fingerprint density at radius 3 is 2.90 bits per heavy atom. The number of aryl methyl sites for hydroxylation is 1. The molecule has 2 fully saturated rings. The van der Waals surface area contributed by atoms with Crippen molar-refractivity contribution in [3.63, 3.8) is 0 Å². The molecule has 1 aliphatic carbocycles. The number of rotatable bonds is 7. The highest BCUT2D eigenvalue weighted by Gasteiger charge is 2.26. The fourth-order valence-electron chi connectivity index (χ4n) is 5.03. The molecule has 6 nitrogen and oxygen atoms in total. The maximum absolute atomic E-state index is 13.6. The van der Waals surface area contributed by atoms with E-state index in [1.165, 1.54) is 10.4 Å². The Kier molecular flexibility index (Phi) is 6.40. The minimum absolute atomic E-state index is 0.105. The van der Waals surface area contributed by atoms with Crippen molar-refractivity contribution >= 4 is 39.2 Å². The number of carbonyl (C=O) groups is 1. The van der Waals surface area contributed by atoms with Crippen LogP contribution in [0.5, 0.6) is 0 Å². The van der Waals surface area contributed by atoms with Crippen LogP contribution in [0.15, 0.2) is 9.95 Å². The van der Waals surface area contributed by atoms with E-state index < -0.39 is 0 Å². The lowest BCUT2D eigenvalue weighted by Crippen LogP contribution is -2.29. The second-order valence-corrected chi connectivity index (χ2v) is 11.3. The zero-order chi connectivity index (χ0) is 21.4. The SMILES string of the molecule is CC1CCc2c(sc3nc(SCCCN4CCCC4=O)n(CC4CCCO4)c(=O)c23)C1. The first-order valence-electron chi connectivity index (χ1n) is 11.7. The Labute approximate surface area is 191 Å². The lowest BCUT2D eigenvalue weighted by Gasteiger charge is -2.19. The highest BCUT2D eigenvalue weighted by molar-refractivity contribution is 7.99. The number of amides is 1. The number of aromatic nitrogens is 2. The smallest absolute Gasteiger partial charge is 0.263 e. The minimum atomic E-state index is 0.105. The number of likely N-dealkylation sites (tertiary alicyclic amines) is 1. The van der Waals surface area contributed by atoms with E-state index in [2.05, 4.69) is 6.92 Å². The molecule has 5 rings (SSSR count). The topological polar surface area (TPSA) is 64.4 Å². The molecule has 0 aromatic carbocycles. The highest BCUT2D eigenvalue weighted by Crippen LogP contribution is 2.36. The molecule has 2 aromatic heterocycles. The first-order valence-corrected chi connectivity index (χ1v) is 13.5. The van der Waals surface area contributed by atoms with Crippen molar-refractivity contribution < 1.29 is 9.53 Å². The third-order valence-electron chi connectivity index (χ3n) is 6.77. The van der Waals surface area contributed by atoms with Crippen molar-refractivity contribution in [1.29, 1.82) is 0 Å². The third kappa shape index (κ3) is 4.44. The van der Waals surface area contributed by atoms with Crippen molar-refractivity contribution in [1.82, 2.24) is 14.5 Å². The first-order chi connectivity index (χ1) is 15.1. The van der Waals surface area contributed by atoms with E-state index >= 15 is 0 Å². The van der Waals surface area contributed by atoms with Gasteiger partial charge in [-0.3, -0.25) is 14.2 Å². The third-order valence-corrected chi connectivity index (χ3v) is 8.98. The fraction of sp³-hybridized carbons (Fsp3) is 0.696. The molecule has 0 radical (unpaired) electrons. The van der Waals surface area contributed by atoms with Crippen molar-refractivity contribution in [2.24, 2.45) is 5.92 Å². The molecule has 0 spiro atoms. The van der Waals surface area contributed by atoms with Gasteiger partial charge in [-0.15, -0.1) is 11.3 Å². The minimum Gasteiger partial charge on any atom is -0.376 e. The Hall–Kier alpha value is -1.38. The number of fused-ring (bicyclic) bond motifs is 3. The summed E-state index contributed by atoms with van der Waals surface area (Å²) < 4.78 is 7.74. The summed E-state index contributed by atoms with van der Waals surface area (Å²) in [7, 11) is 0. The summed E-state index contributed by atoms with van der Waals surface area (Å²) in [6.45, 7) is 5.36. The van der Waals surface area contributed by atoms with E-state index in [-0.39, 0.29) is 17.6 Å². The number of thiophene rings is 1. The number of nitrogens with zero attached hydrogens (tertiary/aromatic N) is 3. The van der Waals surface area contributed by atoms with Crippen LogP contribution in [0.2, 0.25) is 0 Å². The van der Waals surface area contributed by atoms with Gasteiger partial charge in [-0.05, 0) is 56.4 Å². The molecule has 2 atom stereocenters. The van der Waals surface area contributed by atoms with Crippen LogP contribution >= 0.6 is 23.1 Å². The summed E-state index contributed by atoms with van der Waals surface area (Å²) in [6.07, 6.45) is 7.96. The number of ether oxygens (including phenoxy) is 1. The summed E-state index contributed by atoms with van der Waals surface area (Å²) in [6, 6.07) is 0. The molecule has 31 heavy (non-hydrogen) atoms. The summed E-state index contributed by atoms with van der Waals surface area (Å²) in [4.78, 5) is 34.7. The highest BCUT2D eigenvalue weighted by atomic mass is 32.2. The number of hydrogen-bond acceptors (Lipinski definition) is 6. The van der Waals surface area contributed by atoms with Crippen LogP contribution in [0.3, 0.4) is 0 Å². The molecule has 0 N–H and O–H groups in total. The van der Waals surface area contributed by atoms with Crippen LogP contribution in [0, 0.1) is 5.92 Å². The van der Waals surface area contributed by atoms with Crippen LogP contribution in [0.4, 0.5) is 0 Å². The quantitative estimate of drug-likeness (QED) is 0.356. The Bertz CT molecular complexity index is 1030. The largest absolute Gasteiger partial charge is 0.376 e. The van der Waals surface area contributed by atoms with Gasteiger partial charge in [0, 0.05) is 36.7 Å². The number of hydrogen-bond donors (Lipinski definition) is 0. The molecule has 1 amide bonds. The molecule has 4 heterocycles. The lowest BCUT2D eigenvalue weighted by atomic mass is 9.89. The molecule has 8 heteroatoms. The van der Waals surface area contributed by atoms with Crippen molar-refractivity contribution in [3.05, 3.63) is 20.8 Å². The van der Waals surface area contributed by atoms with Crippen LogP contribution in [0.1, 0.15) is 55.9 Å². The van der Waals surface area contributed by atoms with E-state index in [4.69, 9.17) is 9.72 Å². The van der Waals surface area contributed by atoms with Crippen LogP contribution in [-0.2, 0) is 28.9 Å². The lowest BCUT2D eigenvalue weighted by molar-refractivity contribution is -0.127. The average Bonchev–Trinajstić information content (AvgIpc) is 3.48. The molecule has 3 aliphatic rings. The second kappa shape index (κ2) is 9.24. The van der Waals surface area contributed by atoms with Gasteiger partial charge in [0.2, 0.25) is 5.91 Å². The Morgan fingerprint density at radius 2 is 2.13 bits per heavy atom. The molecule has 2 aliphatic heterocycles. The molecule has 168 valence electrons. The maximum Gasteiger partial charge on any atom is 0.263 e. The van der Waals surface area contributed by atoms with Gasteiger partial charge < -0.3 is 9.64 Å². The molecule has 0 bridgehead atoms. The number of carbonyl (C=O) groups excluding carboxylic acids is 1. The monoisotopic (exact) mass is 461 g/mol. The van der Waals surface area contributed by atoms with Crippen molar-refractivity contribution in [2.45, 2.75) is 76.1 Å². The van der Waals surface area contributed by atoms with Crippen molar-refractivity contribution in [3.8, 4) is 0 Å². The predicted molar refractivity (Wildman–Crippen MR) is 125 cm³/mol. The molecular formula is C23H31N3O3S2. The van der Waals surface area contributed by atoms with Crippen LogP contribution in [-0.4, -0.2) is 51.9 Å². The summed E-state index contributed by atoms with van der Waals surface area (Å²) in [5.74, 6) is 1.81. The van der Waals surface area contributed by atoms with Gasteiger partial charge in [-0.1, -0.05) is 18.7 Å². The molecule has 0 saturated carbocycles. The molecular weight excluding hydrogens is 430 g/mol. The Morgan fingerprint density at radius 1 is 1.23 bits per heavy atom. The van der Waals surface area contributed by atoms with Gasteiger partial charge in [0.1, 0.15) is 4.83 Å². The van der Waals surface area contributed by atoms with Gasteiger partial charge in [0.05, 0.1) is 18.0 Å². The molecule has 2 aromatic rings. The normalized spacial score (nSPS) is 23.8. The van der Waals surface area contributed by atoms with Gasteiger partial charge in [0.25, 0.3) is 5.56 Å². The van der Waals surface area contributed by atoms with E-state index in [9.17, 15) is 9.59 Å². The van der Waals surface area contributed by atoms with Gasteiger partial charge in [0.15, 0.2) is 5.16 Å². The fourth-order valence-corrected chi connectivity index (χ4v) is 7.38. The summed E-state index contributed by atoms with van der Waals surface area (Å²) in [5.41, 5.74) is 1.37. The van der Waals surface area contributed by atoms with Crippen LogP contribution in [0.25, 0.3) is 10.2 Å². The van der Waals surface area contributed by atoms with E-state index in [0.717, 1.165) is 85.8 Å². The predicted octanol–water partition coefficient (Wildman–Crippen LogP) is 3.87. The Balaban J connectivity index is 1.40. The zero-order valence-corrected chi connectivity index (χ0v) is 19.9. The second-order valence-electron chi connectivity index (χ2n) is 9.16.